The highest BCUT2D eigenvalue weighted by Gasteiger charge is 2.42. The molecule has 0 radical (unpaired) electrons. The summed E-state index contributed by atoms with van der Waals surface area (Å²) in [6.45, 7) is 2.37. The molecule has 0 aromatic heterocycles. The zero-order valence-corrected chi connectivity index (χ0v) is 14.5. The molecule has 132 valence electrons. The molecular weight excluding hydrogens is 342 g/mol. The van der Waals surface area contributed by atoms with E-state index in [1.165, 1.54) is 11.8 Å². The lowest BCUT2D eigenvalue weighted by Crippen LogP contribution is -2.52. The number of nitrogens with one attached hydrogen (secondary N) is 2. The van der Waals surface area contributed by atoms with Gasteiger partial charge in [-0.1, -0.05) is 19.7 Å². The Morgan fingerprint density at radius 2 is 2.30 bits per heavy atom. The molecule has 7 N–H and O–H groups in total. The van der Waals surface area contributed by atoms with Gasteiger partial charge >= 0.3 is 11.9 Å². The van der Waals surface area contributed by atoms with Crippen molar-refractivity contribution in [2.45, 2.75) is 30.9 Å². The normalized spacial score (nSPS) is 21.2. The topological polar surface area (TPSA) is 152 Å². The van der Waals surface area contributed by atoms with Crippen LogP contribution in [0.15, 0.2) is 4.99 Å². The molecular formula is C12H23N5O4S2. The van der Waals surface area contributed by atoms with Gasteiger partial charge in [-0.3, -0.25) is 15.1 Å². The number of aliphatic imine (C=N–C) groups is 1. The van der Waals surface area contributed by atoms with Gasteiger partial charge in [0.05, 0.1) is 12.5 Å². The van der Waals surface area contributed by atoms with Gasteiger partial charge in [0, 0.05) is 12.3 Å². The third-order valence-corrected chi connectivity index (χ3v) is 4.98. The molecule has 1 saturated heterocycles. The van der Waals surface area contributed by atoms with Gasteiger partial charge in [0.15, 0.2) is 5.96 Å². The molecule has 9 nitrogen and oxygen atoms in total. The number of guanidine groups is 1. The number of nitrogens with zero attached hydrogens (tertiary/aromatic N) is 1. The Morgan fingerprint density at radius 1 is 1.61 bits per heavy atom. The Labute approximate surface area is 144 Å². The summed E-state index contributed by atoms with van der Waals surface area (Å²) in [7, 11) is 0. The van der Waals surface area contributed by atoms with Crippen molar-refractivity contribution in [3.05, 3.63) is 0 Å². The maximum atomic E-state index is 12.5. The molecule has 0 amide bonds. The maximum absolute atomic E-state index is 12.5. The lowest BCUT2D eigenvalue weighted by molar-refractivity contribution is -0.155. The van der Waals surface area contributed by atoms with Crippen LogP contribution in [-0.2, 0) is 14.3 Å². The van der Waals surface area contributed by atoms with Gasteiger partial charge in [-0.2, -0.15) is 0 Å². The van der Waals surface area contributed by atoms with E-state index in [0.717, 1.165) is 12.3 Å². The van der Waals surface area contributed by atoms with Gasteiger partial charge in [-0.05, 0) is 12.8 Å². The van der Waals surface area contributed by atoms with Crippen LogP contribution < -0.4 is 21.5 Å². The number of carboxylic acid groups (broad SMARTS) is 1. The van der Waals surface area contributed by atoms with E-state index in [4.69, 9.17) is 16.2 Å². The van der Waals surface area contributed by atoms with Crippen molar-refractivity contribution < 1.29 is 19.4 Å². The molecule has 0 aromatic rings. The number of nitrogens with two attached hydrogens (primary N) is 2. The van der Waals surface area contributed by atoms with E-state index in [9.17, 15) is 14.7 Å². The van der Waals surface area contributed by atoms with Crippen LogP contribution >= 0.6 is 24.6 Å². The van der Waals surface area contributed by atoms with Gasteiger partial charge in [0.25, 0.3) is 0 Å². The van der Waals surface area contributed by atoms with Crippen molar-refractivity contribution in [2.24, 2.45) is 22.4 Å². The highest BCUT2D eigenvalue weighted by molar-refractivity contribution is 8.00. The molecule has 0 aliphatic carbocycles. The van der Waals surface area contributed by atoms with Crippen LogP contribution in [-0.4, -0.2) is 52.9 Å². The maximum Gasteiger partial charge on any atom is 0.329 e. The summed E-state index contributed by atoms with van der Waals surface area (Å²) in [5.41, 5.74) is 8.81. The fraction of sp³-hybridized carbons (Fsp3) is 0.750. The van der Waals surface area contributed by atoms with Crippen molar-refractivity contribution in [2.75, 3.05) is 18.8 Å². The highest BCUT2D eigenvalue weighted by atomic mass is 32.2. The third-order valence-electron chi connectivity index (χ3n) is 3.54. The third kappa shape index (κ3) is 5.75. The summed E-state index contributed by atoms with van der Waals surface area (Å²) < 4.78 is 8.01. The average molecular weight is 365 g/mol. The summed E-state index contributed by atoms with van der Waals surface area (Å²) >= 11 is 5.48. The van der Waals surface area contributed by atoms with Gasteiger partial charge in [0.2, 0.25) is 5.56 Å². The van der Waals surface area contributed by atoms with Crippen molar-refractivity contribution in [3.63, 3.8) is 0 Å². The Hall–Kier alpha value is -1.17. The number of hydrogen-bond donors (Lipinski definition) is 6. The smallest absolute Gasteiger partial charge is 0.329 e. The quantitative estimate of drug-likeness (QED) is 0.132. The molecule has 0 aromatic carbocycles. The zero-order valence-electron chi connectivity index (χ0n) is 12.8. The van der Waals surface area contributed by atoms with Crippen LogP contribution in [0.4, 0.5) is 0 Å². The number of esters is 1. The first-order valence-electron chi connectivity index (χ1n) is 7.10. The average Bonchev–Trinajstić information content (AvgIpc) is 3.00. The molecule has 0 bridgehead atoms. The summed E-state index contributed by atoms with van der Waals surface area (Å²) in [6, 6.07) is 0. The minimum atomic E-state index is -1.24. The fourth-order valence-corrected chi connectivity index (χ4v) is 3.28. The Balaban J connectivity index is 2.85. The molecule has 1 fully saturated rings. The number of carboxylic acids is 1. The Bertz CT molecular complexity index is 449. The molecule has 1 rings (SSSR count). The van der Waals surface area contributed by atoms with E-state index < -0.39 is 29.0 Å². The largest absolute Gasteiger partial charge is 0.481 e. The standard InChI is InChI=1S/C12H23N5O4S2/c1-2-12(17-22,9(20)21-11-15-3-4-23-11)5-7(8(18)19)6-16-10(13)14/h7,11,15,17,22H,2-6H2,1H3,(H,18,19)(H4,13,14,16)/t7?,11?,12-/m0/s1. The van der Waals surface area contributed by atoms with E-state index in [0.29, 0.717) is 6.42 Å². The molecule has 11 heteroatoms. The second-order valence-electron chi connectivity index (χ2n) is 5.11. The number of hydrogen-bond acceptors (Lipinski definition) is 8. The minimum Gasteiger partial charge on any atom is -0.481 e. The van der Waals surface area contributed by atoms with E-state index >= 15 is 0 Å². The van der Waals surface area contributed by atoms with Crippen molar-refractivity contribution in [1.82, 2.24) is 10.0 Å². The van der Waals surface area contributed by atoms with E-state index in [1.54, 1.807) is 6.92 Å². The van der Waals surface area contributed by atoms with Gasteiger partial charge in [0.1, 0.15) is 5.54 Å². The molecule has 1 aliphatic rings. The van der Waals surface area contributed by atoms with Crippen LogP contribution in [0.1, 0.15) is 19.8 Å². The molecule has 1 aliphatic heterocycles. The van der Waals surface area contributed by atoms with E-state index in [1.807, 2.05) is 0 Å². The lowest BCUT2D eigenvalue weighted by atomic mass is 9.85. The first-order valence-corrected chi connectivity index (χ1v) is 8.59. The number of aliphatic carboxylic acids is 1. The minimum absolute atomic E-state index is 0.0463. The highest BCUT2D eigenvalue weighted by Crippen LogP contribution is 2.27. The van der Waals surface area contributed by atoms with E-state index in [2.05, 4.69) is 27.8 Å². The number of carbonyl (C=O) groups excluding carboxylic acids is 1. The van der Waals surface area contributed by atoms with E-state index in [-0.39, 0.29) is 18.9 Å². The fourth-order valence-electron chi connectivity index (χ4n) is 2.10. The van der Waals surface area contributed by atoms with Crippen LogP contribution in [0, 0.1) is 5.92 Å². The van der Waals surface area contributed by atoms with Crippen molar-refractivity contribution in [3.8, 4) is 0 Å². The molecule has 2 unspecified atom stereocenters. The van der Waals surface area contributed by atoms with Crippen LogP contribution in [0.5, 0.6) is 0 Å². The van der Waals surface area contributed by atoms with Gasteiger partial charge in [-0.15, -0.1) is 11.8 Å². The lowest BCUT2D eigenvalue weighted by Gasteiger charge is -2.32. The number of rotatable bonds is 9. The van der Waals surface area contributed by atoms with Gasteiger partial charge in [-0.25, -0.2) is 9.52 Å². The number of thiol groups is 1. The first-order chi connectivity index (χ1) is 10.8. The summed E-state index contributed by atoms with van der Waals surface area (Å²) in [5, 5.41) is 12.4. The van der Waals surface area contributed by atoms with Crippen LogP contribution in [0.3, 0.4) is 0 Å². The van der Waals surface area contributed by atoms with Gasteiger partial charge < -0.3 is 21.3 Å². The summed E-state index contributed by atoms with van der Waals surface area (Å²) in [6.07, 6.45) is 0.258. The molecule has 0 spiro atoms. The zero-order chi connectivity index (χ0) is 17.5. The predicted molar refractivity (Wildman–Crippen MR) is 91.9 cm³/mol. The molecule has 3 atom stereocenters. The van der Waals surface area contributed by atoms with Crippen molar-refractivity contribution in [1.29, 1.82) is 0 Å². The molecule has 1 heterocycles. The second-order valence-corrected chi connectivity index (χ2v) is 6.51. The SMILES string of the molecule is CC[C@@](CC(CN=C(N)N)C(=O)O)(NS)C(=O)OC1NCCS1. The Morgan fingerprint density at radius 3 is 2.74 bits per heavy atom. The first kappa shape index (κ1) is 19.9. The number of carbonyl (C=O) groups is 2. The number of thioether (sulfide) groups is 1. The predicted octanol–water partition coefficient (Wildman–Crippen LogP) is -0.903. The van der Waals surface area contributed by atoms with Crippen LogP contribution in [0.25, 0.3) is 0 Å². The molecule has 0 saturated carbocycles. The monoisotopic (exact) mass is 365 g/mol. The Kier molecular flexibility index (Phi) is 7.95. The van der Waals surface area contributed by atoms with Crippen molar-refractivity contribution >= 4 is 42.5 Å². The number of ether oxygens (including phenoxy) is 1. The summed E-state index contributed by atoms with van der Waals surface area (Å²) in [4.78, 5) is 27.7. The van der Waals surface area contributed by atoms with Crippen LogP contribution in [0.2, 0.25) is 0 Å². The summed E-state index contributed by atoms with van der Waals surface area (Å²) in [5.74, 6) is -1.97. The molecule has 23 heavy (non-hydrogen) atoms. The second kappa shape index (κ2) is 9.21.